The van der Waals surface area contributed by atoms with Gasteiger partial charge in [-0.2, -0.15) is 0 Å². The molecule has 0 radical (unpaired) electrons. The number of ether oxygens (including phenoxy) is 1. The molecule has 1 fully saturated rings. The van der Waals surface area contributed by atoms with Gasteiger partial charge >= 0.3 is 5.97 Å². The summed E-state index contributed by atoms with van der Waals surface area (Å²) in [7, 11) is -2.12. The molecule has 1 aromatic rings. The van der Waals surface area contributed by atoms with E-state index in [2.05, 4.69) is 4.74 Å². The summed E-state index contributed by atoms with van der Waals surface area (Å²) >= 11 is 0. The molecule has 7 heteroatoms. The van der Waals surface area contributed by atoms with Gasteiger partial charge in [-0.05, 0) is 30.5 Å². The van der Waals surface area contributed by atoms with E-state index in [0.29, 0.717) is 24.2 Å². The summed E-state index contributed by atoms with van der Waals surface area (Å²) in [6, 6.07) is 6.38. The average Bonchev–Trinajstić information content (AvgIpc) is 2.46. The fraction of sp³-hybridized carbons (Fsp3) is 0.500. The molecule has 2 N–H and O–H groups in total. The molecular formula is C14H20N2O4S. The number of benzene rings is 1. The maximum atomic E-state index is 12.4. The highest BCUT2D eigenvalue weighted by atomic mass is 32.2. The number of rotatable bonds is 4. The third-order valence-corrected chi connectivity index (χ3v) is 5.33. The summed E-state index contributed by atoms with van der Waals surface area (Å²) in [5, 5.41) is 0. The average molecular weight is 312 g/mol. The largest absolute Gasteiger partial charge is 0.465 e. The number of esters is 1. The van der Waals surface area contributed by atoms with Crippen LogP contribution in [0.5, 0.6) is 0 Å². The molecule has 0 unspecified atom stereocenters. The third-order valence-electron chi connectivity index (χ3n) is 3.51. The highest BCUT2D eigenvalue weighted by Crippen LogP contribution is 2.17. The van der Waals surface area contributed by atoms with E-state index in [1.807, 2.05) is 0 Å². The number of hydrogen-bond acceptors (Lipinski definition) is 5. The van der Waals surface area contributed by atoms with E-state index in [9.17, 15) is 13.2 Å². The molecular weight excluding hydrogens is 292 g/mol. The monoisotopic (exact) mass is 312 g/mol. The molecule has 2 rings (SSSR count). The number of carbonyl (C=O) groups is 1. The van der Waals surface area contributed by atoms with Crippen molar-refractivity contribution in [3.8, 4) is 0 Å². The Morgan fingerprint density at radius 1 is 1.48 bits per heavy atom. The SMILES string of the molecule is COC(=O)c1cccc(CS(=O)(=O)N2CCC[C@@H](N)C2)c1. The van der Waals surface area contributed by atoms with E-state index < -0.39 is 16.0 Å². The van der Waals surface area contributed by atoms with Gasteiger partial charge in [0.2, 0.25) is 10.0 Å². The molecule has 6 nitrogen and oxygen atoms in total. The van der Waals surface area contributed by atoms with Gasteiger partial charge in [-0.1, -0.05) is 12.1 Å². The van der Waals surface area contributed by atoms with Crippen molar-refractivity contribution in [2.45, 2.75) is 24.6 Å². The summed E-state index contributed by atoms with van der Waals surface area (Å²) in [6.45, 7) is 0.867. The lowest BCUT2D eigenvalue weighted by Crippen LogP contribution is -2.46. The molecule has 0 spiro atoms. The number of sulfonamides is 1. The lowest BCUT2D eigenvalue weighted by atomic mass is 10.1. The van der Waals surface area contributed by atoms with Crippen LogP contribution in [-0.4, -0.2) is 44.9 Å². The van der Waals surface area contributed by atoms with Crippen molar-refractivity contribution < 1.29 is 17.9 Å². The number of methoxy groups -OCH3 is 1. The molecule has 1 aromatic carbocycles. The van der Waals surface area contributed by atoms with Gasteiger partial charge in [0.15, 0.2) is 0 Å². The maximum absolute atomic E-state index is 12.4. The molecule has 0 aromatic heterocycles. The Kier molecular flexibility index (Phi) is 4.97. The van der Waals surface area contributed by atoms with Crippen molar-refractivity contribution in [1.29, 1.82) is 0 Å². The van der Waals surface area contributed by atoms with Crippen LogP contribution in [0.4, 0.5) is 0 Å². The zero-order valence-electron chi connectivity index (χ0n) is 12.0. The van der Waals surface area contributed by atoms with Crippen LogP contribution in [0.15, 0.2) is 24.3 Å². The fourth-order valence-electron chi connectivity index (χ4n) is 2.43. The minimum atomic E-state index is -3.42. The number of nitrogens with two attached hydrogens (primary N) is 1. The molecule has 0 saturated carbocycles. The minimum absolute atomic E-state index is 0.102. The Labute approximate surface area is 124 Å². The first-order valence-electron chi connectivity index (χ1n) is 6.83. The quantitative estimate of drug-likeness (QED) is 0.828. The van der Waals surface area contributed by atoms with Crippen molar-refractivity contribution in [2.24, 2.45) is 5.73 Å². The molecule has 1 heterocycles. The number of nitrogens with zero attached hydrogens (tertiary/aromatic N) is 1. The number of piperidine rings is 1. The predicted molar refractivity (Wildman–Crippen MR) is 79.2 cm³/mol. The van der Waals surface area contributed by atoms with Gasteiger partial charge < -0.3 is 10.5 Å². The lowest BCUT2D eigenvalue weighted by molar-refractivity contribution is 0.0600. The first-order chi connectivity index (χ1) is 9.92. The van der Waals surface area contributed by atoms with E-state index in [0.717, 1.165) is 12.8 Å². The smallest absolute Gasteiger partial charge is 0.337 e. The number of carbonyl (C=O) groups excluding carboxylic acids is 1. The zero-order valence-corrected chi connectivity index (χ0v) is 12.8. The van der Waals surface area contributed by atoms with Crippen LogP contribution < -0.4 is 5.73 Å². The van der Waals surface area contributed by atoms with E-state index in [1.165, 1.54) is 11.4 Å². The lowest BCUT2D eigenvalue weighted by Gasteiger charge is -2.29. The van der Waals surface area contributed by atoms with Gasteiger partial charge in [-0.3, -0.25) is 0 Å². The second-order valence-electron chi connectivity index (χ2n) is 5.21. The summed E-state index contributed by atoms with van der Waals surface area (Å²) in [5.41, 5.74) is 6.74. The third kappa shape index (κ3) is 4.03. The van der Waals surface area contributed by atoms with Gasteiger partial charge in [-0.15, -0.1) is 0 Å². The summed E-state index contributed by atoms with van der Waals surface area (Å²) < 4.78 is 30.9. The molecule has 1 atom stereocenters. The van der Waals surface area contributed by atoms with Crippen LogP contribution in [0.25, 0.3) is 0 Å². The van der Waals surface area contributed by atoms with Crippen LogP contribution in [-0.2, 0) is 20.5 Å². The second-order valence-corrected chi connectivity index (χ2v) is 7.18. The van der Waals surface area contributed by atoms with Crippen molar-refractivity contribution in [1.82, 2.24) is 4.31 Å². The zero-order chi connectivity index (χ0) is 15.5. The molecule has 0 aliphatic carbocycles. The van der Waals surface area contributed by atoms with Crippen molar-refractivity contribution >= 4 is 16.0 Å². The van der Waals surface area contributed by atoms with E-state index >= 15 is 0 Å². The normalized spacial score (nSPS) is 20.2. The van der Waals surface area contributed by atoms with Crippen LogP contribution in [0.1, 0.15) is 28.8 Å². The highest BCUT2D eigenvalue weighted by molar-refractivity contribution is 7.88. The summed E-state index contributed by atoms with van der Waals surface area (Å²) in [6.07, 6.45) is 1.63. The van der Waals surface area contributed by atoms with Crippen LogP contribution in [0, 0.1) is 0 Å². The van der Waals surface area contributed by atoms with Crippen LogP contribution in [0.3, 0.4) is 0 Å². The van der Waals surface area contributed by atoms with Crippen LogP contribution >= 0.6 is 0 Å². The highest BCUT2D eigenvalue weighted by Gasteiger charge is 2.27. The van der Waals surface area contributed by atoms with E-state index in [-0.39, 0.29) is 11.8 Å². The molecule has 1 aliphatic heterocycles. The Balaban J connectivity index is 2.14. The molecule has 0 bridgehead atoms. The molecule has 0 amide bonds. The van der Waals surface area contributed by atoms with E-state index in [4.69, 9.17) is 5.73 Å². The second kappa shape index (κ2) is 6.55. The standard InChI is InChI=1S/C14H20N2O4S/c1-20-14(17)12-5-2-4-11(8-12)10-21(18,19)16-7-3-6-13(15)9-16/h2,4-5,8,13H,3,6-7,9-10,15H2,1H3/t13-/m1/s1. The van der Waals surface area contributed by atoms with Gasteiger partial charge in [0, 0.05) is 19.1 Å². The first-order valence-corrected chi connectivity index (χ1v) is 8.44. The number of hydrogen-bond donors (Lipinski definition) is 1. The van der Waals surface area contributed by atoms with Gasteiger partial charge in [0.1, 0.15) is 0 Å². The van der Waals surface area contributed by atoms with Crippen molar-refractivity contribution in [3.05, 3.63) is 35.4 Å². The van der Waals surface area contributed by atoms with Crippen molar-refractivity contribution in [3.63, 3.8) is 0 Å². The Morgan fingerprint density at radius 2 is 2.24 bits per heavy atom. The Bertz CT molecular complexity index is 615. The molecule has 116 valence electrons. The Morgan fingerprint density at radius 3 is 2.90 bits per heavy atom. The van der Waals surface area contributed by atoms with Crippen LogP contribution in [0.2, 0.25) is 0 Å². The fourth-order valence-corrected chi connectivity index (χ4v) is 4.04. The predicted octanol–water partition coefficient (Wildman–Crippen LogP) is 0.726. The minimum Gasteiger partial charge on any atom is -0.465 e. The molecule has 1 saturated heterocycles. The topological polar surface area (TPSA) is 89.7 Å². The van der Waals surface area contributed by atoms with Crippen molar-refractivity contribution in [2.75, 3.05) is 20.2 Å². The molecule has 21 heavy (non-hydrogen) atoms. The molecule has 1 aliphatic rings. The van der Waals surface area contributed by atoms with Gasteiger partial charge in [-0.25, -0.2) is 17.5 Å². The summed E-state index contributed by atoms with van der Waals surface area (Å²) in [4.78, 5) is 11.5. The van der Waals surface area contributed by atoms with Gasteiger partial charge in [0.05, 0.1) is 18.4 Å². The summed E-state index contributed by atoms with van der Waals surface area (Å²) in [5.74, 6) is -0.612. The Hall–Kier alpha value is -1.44. The first kappa shape index (κ1) is 15.9. The van der Waals surface area contributed by atoms with E-state index in [1.54, 1.807) is 24.3 Å². The van der Waals surface area contributed by atoms with Gasteiger partial charge in [0.25, 0.3) is 0 Å². The maximum Gasteiger partial charge on any atom is 0.337 e.